The largest absolute Gasteiger partial charge is 0.497 e. The Morgan fingerprint density at radius 2 is 1.59 bits per heavy atom. The number of methoxy groups -OCH3 is 1. The van der Waals surface area contributed by atoms with Crippen molar-refractivity contribution in [3.05, 3.63) is 88.0 Å². The third-order valence-corrected chi connectivity index (χ3v) is 5.44. The van der Waals surface area contributed by atoms with E-state index < -0.39 is 5.97 Å². The fourth-order valence-corrected chi connectivity index (χ4v) is 3.35. The molecule has 1 aromatic heterocycles. The fraction of sp³-hybridized carbons (Fsp3) is 0.0870. The summed E-state index contributed by atoms with van der Waals surface area (Å²) in [6.45, 7) is 0.279. The van der Waals surface area contributed by atoms with Crippen LogP contribution in [0.5, 0.6) is 17.4 Å². The highest BCUT2D eigenvalue weighted by Crippen LogP contribution is 2.31. The summed E-state index contributed by atoms with van der Waals surface area (Å²) in [5.41, 5.74) is 2.40. The van der Waals surface area contributed by atoms with Crippen LogP contribution in [-0.2, 0) is 6.54 Å². The van der Waals surface area contributed by atoms with Gasteiger partial charge in [-0.3, -0.25) is 0 Å². The molecular weight excluding hydrogens is 453 g/mol. The molecule has 1 N–H and O–H groups in total. The van der Waals surface area contributed by atoms with Crippen LogP contribution in [0.25, 0.3) is 11.1 Å². The average molecular weight is 470 g/mol. The van der Waals surface area contributed by atoms with E-state index in [0.29, 0.717) is 15.8 Å². The average Bonchev–Trinajstić information content (AvgIpc) is 3.19. The molecule has 0 unspecified atom stereocenters. The lowest BCUT2D eigenvalue weighted by Crippen LogP contribution is -2.06. The lowest BCUT2D eigenvalue weighted by atomic mass is 10.1. The third kappa shape index (κ3) is 4.69. The van der Waals surface area contributed by atoms with Crippen molar-refractivity contribution in [1.29, 1.82) is 0 Å². The van der Waals surface area contributed by atoms with E-state index >= 15 is 0 Å². The third-order valence-electron chi connectivity index (χ3n) is 4.71. The zero-order valence-corrected chi connectivity index (χ0v) is 18.3. The van der Waals surface area contributed by atoms with Gasteiger partial charge in [-0.15, -0.1) is 5.10 Å². The molecule has 0 fully saturated rings. The Kier molecular flexibility index (Phi) is 6.30. The van der Waals surface area contributed by atoms with Gasteiger partial charge in [0.2, 0.25) is 5.69 Å². The van der Waals surface area contributed by atoms with E-state index in [1.807, 2.05) is 42.5 Å². The maximum absolute atomic E-state index is 11.6. The minimum atomic E-state index is -1.23. The van der Waals surface area contributed by atoms with Gasteiger partial charge in [0.15, 0.2) is 0 Å². The first-order valence-corrected chi connectivity index (χ1v) is 10.2. The number of carbonyl (C=O) groups is 1. The summed E-state index contributed by atoms with van der Waals surface area (Å²) in [5.74, 6) is -0.0318. The molecule has 32 heavy (non-hydrogen) atoms. The molecule has 3 aromatic carbocycles. The highest BCUT2D eigenvalue weighted by Gasteiger charge is 2.22. The Bertz CT molecular complexity index is 1260. The zero-order valence-electron chi connectivity index (χ0n) is 16.8. The molecule has 4 aromatic rings. The van der Waals surface area contributed by atoms with Crippen LogP contribution in [0.1, 0.15) is 16.1 Å². The minimum absolute atomic E-state index is 0.0376. The van der Waals surface area contributed by atoms with Crippen molar-refractivity contribution in [2.24, 2.45) is 0 Å². The number of rotatable bonds is 7. The van der Waals surface area contributed by atoms with Crippen molar-refractivity contribution < 1.29 is 19.4 Å². The summed E-state index contributed by atoms with van der Waals surface area (Å²) in [5, 5.41) is 18.2. The summed E-state index contributed by atoms with van der Waals surface area (Å²) >= 11 is 12.1. The SMILES string of the molecule is COc1ccc(Cn2nnc(C(=O)O)c2Oc2ccc(-c3ccc(Cl)c(Cl)c3)cc2)cc1. The predicted molar refractivity (Wildman–Crippen MR) is 121 cm³/mol. The van der Waals surface area contributed by atoms with Crippen molar-refractivity contribution in [3.8, 4) is 28.5 Å². The molecule has 0 saturated carbocycles. The topological polar surface area (TPSA) is 86.5 Å². The summed E-state index contributed by atoms with van der Waals surface area (Å²) in [7, 11) is 1.59. The van der Waals surface area contributed by atoms with E-state index in [2.05, 4.69) is 10.3 Å². The van der Waals surface area contributed by atoms with Gasteiger partial charge in [-0.25, -0.2) is 9.48 Å². The van der Waals surface area contributed by atoms with Gasteiger partial charge in [0.1, 0.15) is 11.5 Å². The van der Waals surface area contributed by atoms with Crippen LogP contribution in [0, 0.1) is 0 Å². The smallest absolute Gasteiger partial charge is 0.362 e. The number of hydrogen-bond acceptors (Lipinski definition) is 5. The van der Waals surface area contributed by atoms with Gasteiger partial charge >= 0.3 is 5.97 Å². The van der Waals surface area contributed by atoms with Crippen LogP contribution in [0.15, 0.2) is 66.7 Å². The lowest BCUT2D eigenvalue weighted by molar-refractivity contribution is 0.0687. The second kappa shape index (κ2) is 9.30. The monoisotopic (exact) mass is 469 g/mol. The molecule has 0 aliphatic carbocycles. The number of carboxylic acid groups (broad SMARTS) is 1. The minimum Gasteiger partial charge on any atom is -0.497 e. The van der Waals surface area contributed by atoms with Gasteiger partial charge in [0.25, 0.3) is 5.88 Å². The van der Waals surface area contributed by atoms with Crippen LogP contribution in [0.2, 0.25) is 10.0 Å². The van der Waals surface area contributed by atoms with Crippen LogP contribution in [0.4, 0.5) is 0 Å². The van der Waals surface area contributed by atoms with Crippen LogP contribution in [0.3, 0.4) is 0 Å². The molecule has 4 rings (SSSR count). The number of carboxylic acids is 1. The highest BCUT2D eigenvalue weighted by molar-refractivity contribution is 6.42. The van der Waals surface area contributed by atoms with E-state index in [-0.39, 0.29) is 18.1 Å². The van der Waals surface area contributed by atoms with Gasteiger partial charge < -0.3 is 14.6 Å². The molecule has 162 valence electrons. The molecule has 0 aliphatic heterocycles. The Balaban J connectivity index is 1.59. The number of benzene rings is 3. The fourth-order valence-electron chi connectivity index (χ4n) is 3.05. The summed E-state index contributed by atoms with van der Waals surface area (Å²) in [6, 6.07) is 19.8. The summed E-state index contributed by atoms with van der Waals surface area (Å²) < 4.78 is 12.4. The van der Waals surface area contributed by atoms with Crippen molar-refractivity contribution in [1.82, 2.24) is 15.0 Å². The molecule has 0 saturated heterocycles. The molecular formula is C23H17Cl2N3O4. The molecule has 9 heteroatoms. The van der Waals surface area contributed by atoms with Crippen LogP contribution in [-0.4, -0.2) is 33.2 Å². The number of aromatic carboxylic acids is 1. The summed E-state index contributed by atoms with van der Waals surface area (Å²) in [6.07, 6.45) is 0. The second-order valence-electron chi connectivity index (χ2n) is 6.81. The molecule has 0 spiro atoms. The second-order valence-corrected chi connectivity index (χ2v) is 7.62. The first-order valence-electron chi connectivity index (χ1n) is 9.47. The molecule has 0 bridgehead atoms. The number of hydrogen-bond donors (Lipinski definition) is 1. The van der Waals surface area contributed by atoms with Gasteiger partial charge in [-0.1, -0.05) is 58.7 Å². The first kappa shape index (κ1) is 21.7. The van der Waals surface area contributed by atoms with Crippen molar-refractivity contribution in [2.45, 2.75) is 6.54 Å². The zero-order chi connectivity index (χ0) is 22.7. The normalized spacial score (nSPS) is 10.7. The van der Waals surface area contributed by atoms with Crippen LogP contribution < -0.4 is 9.47 Å². The lowest BCUT2D eigenvalue weighted by Gasteiger charge is -2.10. The van der Waals surface area contributed by atoms with Crippen molar-refractivity contribution in [3.63, 3.8) is 0 Å². The molecule has 0 atom stereocenters. The number of nitrogens with zero attached hydrogens (tertiary/aromatic N) is 3. The number of halogens is 2. The molecule has 0 aliphatic rings. The number of ether oxygens (including phenoxy) is 2. The maximum atomic E-state index is 11.6. The first-order chi connectivity index (χ1) is 15.4. The molecule has 0 radical (unpaired) electrons. The standard InChI is InChI=1S/C23H17Cl2N3O4/c1-31-17-7-2-14(3-8-17)13-28-22(21(23(29)30)26-27-28)32-18-9-4-15(5-10-18)16-6-11-19(24)20(25)12-16/h2-12H,13H2,1H3,(H,29,30). The highest BCUT2D eigenvalue weighted by atomic mass is 35.5. The van der Waals surface area contributed by atoms with E-state index in [1.165, 1.54) is 4.68 Å². The van der Waals surface area contributed by atoms with Crippen molar-refractivity contribution in [2.75, 3.05) is 7.11 Å². The van der Waals surface area contributed by atoms with Gasteiger partial charge in [0, 0.05) is 0 Å². The van der Waals surface area contributed by atoms with E-state index in [1.54, 1.807) is 31.4 Å². The van der Waals surface area contributed by atoms with Gasteiger partial charge in [-0.2, -0.15) is 0 Å². The van der Waals surface area contributed by atoms with E-state index in [9.17, 15) is 9.90 Å². The Morgan fingerprint density at radius 1 is 0.938 bits per heavy atom. The summed E-state index contributed by atoms with van der Waals surface area (Å²) in [4.78, 5) is 11.6. The Hall–Kier alpha value is -3.55. The van der Waals surface area contributed by atoms with Crippen LogP contribution >= 0.6 is 23.2 Å². The van der Waals surface area contributed by atoms with Gasteiger partial charge in [0.05, 0.1) is 23.7 Å². The molecule has 7 nitrogen and oxygen atoms in total. The van der Waals surface area contributed by atoms with Crippen molar-refractivity contribution >= 4 is 29.2 Å². The predicted octanol–water partition coefficient (Wildman–Crippen LogP) is 5.80. The number of aromatic nitrogens is 3. The quantitative estimate of drug-likeness (QED) is 0.368. The maximum Gasteiger partial charge on any atom is 0.362 e. The molecule has 0 amide bonds. The Labute approximate surface area is 193 Å². The molecule has 1 heterocycles. The Morgan fingerprint density at radius 3 is 2.22 bits per heavy atom. The van der Waals surface area contributed by atoms with E-state index in [4.69, 9.17) is 32.7 Å². The van der Waals surface area contributed by atoms with Gasteiger partial charge in [-0.05, 0) is 53.1 Å². The van der Waals surface area contributed by atoms with E-state index in [0.717, 1.165) is 22.4 Å².